The average Bonchev–Trinajstić information content (AvgIpc) is 3.46. The van der Waals surface area contributed by atoms with Gasteiger partial charge in [-0.15, -0.1) is 5.73 Å². The zero-order valence-electron chi connectivity index (χ0n) is 19.6. The average molecular weight is 477 g/mol. The molecule has 1 aromatic carbocycles. The molecule has 3 aliphatic rings. The van der Waals surface area contributed by atoms with E-state index in [2.05, 4.69) is 53.4 Å². The molecule has 1 atom stereocenters. The number of hydrogen-bond donors (Lipinski definition) is 1. The van der Waals surface area contributed by atoms with Crippen LogP contribution in [0.2, 0.25) is 0 Å². The molecule has 34 heavy (non-hydrogen) atoms. The van der Waals surface area contributed by atoms with E-state index in [9.17, 15) is 9.90 Å². The molecule has 5 rings (SSSR count). The normalized spacial score (nSPS) is 19.2. The Bertz CT molecular complexity index is 1250. The third kappa shape index (κ3) is 4.07. The predicted molar refractivity (Wildman–Crippen MR) is 135 cm³/mol. The van der Waals surface area contributed by atoms with E-state index in [-0.39, 0.29) is 12.5 Å². The maximum Gasteiger partial charge on any atom is 0.262 e. The summed E-state index contributed by atoms with van der Waals surface area (Å²) in [5.41, 5.74) is 9.64. The molecule has 0 saturated carbocycles. The first-order valence-electron chi connectivity index (χ1n) is 11.4. The van der Waals surface area contributed by atoms with Crippen LogP contribution >= 0.6 is 11.3 Å². The standard InChI is InChI=1S/C27H28N2O4S/c1-17(2)11-18-12-22-25(13-24(18)32-3)33-15-23-21(27(31)28-9-6-20(30)14-28)5-4-8-29(26(22)23)19-7-10-34-16-19/h4,7,10-13,16,20,30H,6,8-9,14-15H2,1-3H3. The SMILES string of the molecule is COc1cc2c(cc1C=C(C)C)C1=C(CO2)C(C(=O)N2CCC(O)C2)=C=CCN1c1ccsc1. The van der Waals surface area contributed by atoms with Crippen molar-refractivity contribution in [3.63, 3.8) is 0 Å². The summed E-state index contributed by atoms with van der Waals surface area (Å²) in [6.45, 7) is 5.83. The number of fused-ring (bicyclic) bond motifs is 2. The van der Waals surface area contributed by atoms with Crippen molar-refractivity contribution in [2.45, 2.75) is 26.4 Å². The Labute approximate surface area is 203 Å². The zero-order valence-corrected chi connectivity index (χ0v) is 20.4. The van der Waals surface area contributed by atoms with E-state index in [0.29, 0.717) is 31.6 Å². The Balaban J connectivity index is 1.70. The number of amides is 1. The Morgan fingerprint density at radius 3 is 2.88 bits per heavy atom. The highest BCUT2D eigenvalue weighted by Crippen LogP contribution is 2.44. The first kappa shape index (κ1) is 22.5. The quantitative estimate of drug-likeness (QED) is 0.660. The van der Waals surface area contributed by atoms with Crippen molar-refractivity contribution in [1.82, 2.24) is 4.90 Å². The Hall–Kier alpha value is -3.25. The summed E-state index contributed by atoms with van der Waals surface area (Å²) in [4.78, 5) is 17.5. The van der Waals surface area contributed by atoms with Gasteiger partial charge in [-0.1, -0.05) is 11.6 Å². The number of allylic oxidation sites excluding steroid dienone is 1. The van der Waals surface area contributed by atoms with Crippen LogP contribution in [0.1, 0.15) is 31.4 Å². The van der Waals surface area contributed by atoms with Crippen LogP contribution in [0.4, 0.5) is 5.69 Å². The Morgan fingerprint density at radius 2 is 2.21 bits per heavy atom. The lowest BCUT2D eigenvalue weighted by Gasteiger charge is -2.33. The van der Waals surface area contributed by atoms with Crippen molar-refractivity contribution >= 4 is 34.7 Å². The summed E-state index contributed by atoms with van der Waals surface area (Å²) in [6, 6.07) is 6.10. The van der Waals surface area contributed by atoms with Crippen LogP contribution in [0.15, 0.2) is 57.5 Å². The number of likely N-dealkylation sites (tertiary alicyclic amines) is 1. The fourth-order valence-corrected chi connectivity index (χ4v) is 5.34. The van der Waals surface area contributed by atoms with E-state index < -0.39 is 6.10 Å². The first-order valence-corrected chi connectivity index (χ1v) is 12.4. The van der Waals surface area contributed by atoms with E-state index in [4.69, 9.17) is 9.47 Å². The van der Waals surface area contributed by atoms with E-state index in [1.807, 2.05) is 12.1 Å². The molecule has 0 radical (unpaired) electrons. The molecule has 176 valence electrons. The molecule has 1 N–H and O–H groups in total. The molecular formula is C27H28N2O4S. The molecule has 6 nitrogen and oxygen atoms in total. The molecule has 4 heterocycles. The summed E-state index contributed by atoms with van der Waals surface area (Å²) in [5, 5.41) is 14.2. The number of carbonyl (C=O) groups excluding carboxylic acids is 1. The van der Waals surface area contributed by atoms with E-state index in [0.717, 1.165) is 45.2 Å². The second kappa shape index (κ2) is 9.18. The number of aliphatic hydroxyl groups is 1. The lowest BCUT2D eigenvalue weighted by Crippen LogP contribution is -2.33. The van der Waals surface area contributed by atoms with Crippen molar-refractivity contribution in [3.8, 4) is 11.5 Å². The third-order valence-electron chi connectivity index (χ3n) is 6.26. The summed E-state index contributed by atoms with van der Waals surface area (Å²) >= 11 is 1.64. The number of anilines is 1. The van der Waals surface area contributed by atoms with Gasteiger partial charge in [-0.2, -0.15) is 11.3 Å². The van der Waals surface area contributed by atoms with Gasteiger partial charge in [0.1, 0.15) is 18.1 Å². The highest BCUT2D eigenvalue weighted by atomic mass is 32.1. The van der Waals surface area contributed by atoms with E-state index in [1.54, 1.807) is 23.3 Å². The minimum absolute atomic E-state index is 0.113. The van der Waals surface area contributed by atoms with Gasteiger partial charge in [0.05, 0.1) is 30.2 Å². The fourth-order valence-electron chi connectivity index (χ4n) is 4.70. The second-order valence-corrected chi connectivity index (χ2v) is 9.72. The summed E-state index contributed by atoms with van der Waals surface area (Å²) < 4.78 is 11.9. The number of hydrogen-bond acceptors (Lipinski definition) is 6. The smallest absolute Gasteiger partial charge is 0.262 e. The third-order valence-corrected chi connectivity index (χ3v) is 6.93. The highest BCUT2D eigenvalue weighted by Gasteiger charge is 2.35. The van der Waals surface area contributed by atoms with Gasteiger partial charge in [-0.05, 0) is 43.9 Å². The number of nitrogens with zero attached hydrogens (tertiary/aromatic N) is 2. The number of methoxy groups -OCH3 is 1. The topological polar surface area (TPSA) is 62.2 Å². The van der Waals surface area contributed by atoms with Gasteiger partial charge in [0.25, 0.3) is 5.91 Å². The largest absolute Gasteiger partial charge is 0.496 e. The van der Waals surface area contributed by atoms with Crippen LogP contribution in [0.5, 0.6) is 11.5 Å². The lowest BCUT2D eigenvalue weighted by atomic mass is 9.94. The molecule has 7 heteroatoms. The van der Waals surface area contributed by atoms with Crippen molar-refractivity contribution in [2.24, 2.45) is 0 Å². The highest BCUT2D eigenvalue weighted by molar-refractivity contribution is 7.08. The molecule has 2 aromatic rings. The summed E-state index contributed by atoms with van der Waals surface area (Å²) in [5.74, 6) is 1.36. The maximum atomic E-state index is 13.5. The minimum atomic E-state index is -0.475. The first-order chi connectivity index (χ1) is 16.5. The van der Waals surface area contributed by atoms with Gasteiger partial charge in [-0.25, -0.2) is 0 Å². The van der Waals surface area contributed by atoms with Crippen LogP contribution in [0, 0.1) is 0 Å². The van der Waals surface area contributed by atoms with Gasteiger partial charge < -0.3 is 24.4 Å². The number of carbonyl (C=O) groups is 1. The zero-order chi connectivity index (χ0) is 23.8. The number of benzene rings is 1. The number of aliphatic hydroxyl groups excluding tert-OH is 1. The van der Waals surface area contributed by atoms with Gasteiger partial charge in [0.2, 0.25) is 0 Å². The maximum absolute atomic E-state index is 13.5. The fraction of sp³-hybridized carbons (Fsp3) is 0.333. The number of thiophene rings is 1. The molecule has 3 aliphatic heterocycles. The minimum Gasteiger partial charge on any atom is -0.496 e. The second-order valence-electron chi connectivity index (χ2n) is 8.94. The summed E-state index contributed by atoms with van der Waals surface area (Å²) in [6.07, 6.45) is 4.12. The van der Waals surface area contributed by atoms with Crippen molar-refractivity contribution in [3.05, 3.63) is 68.6 Å². The van der Waals surface area contributed by atoms with Crippen molar-refractivity contribution in [1.29, 1.82) is 0 Å². The Kier molecular flexibility index (Phi) is 6.09. The van der Waals surface area contributed by atoms with Crippen molar-refractivity contribution in [2.75, 3.05) is 38.3 Å². The Morgan fingerprint density at radius 1 is 1.35 bits per heavy atom. The predicted octanol–water partition coefficient (Wildman–Crippen LogP) is 4.48. The van der Waals surface area contributed by atoms with Gasteiger partial charge in [0, 0.05) is 47.8 Å². The molecule has 1 aromatic heterocycles. The number of ether oxygens (including phenoxy) is 2. The molecule has 1 saturated heterocycles. The molecular weight excluding hydrogens is 448 g/mol. The van der Waals surface area contributed by atoms with E-state index in [1.165, 1.54) is 0 Å². The summed E-state index contributed by atoms with van der Waals surface area (Å²) in [7, 11) is 1.66. The molecule has 0 bridgehead atoms. The molecule has 0 aliphatic carbocycles. The monoisotopic (exact) mass is 476 g/mol. The lowest BCUT2D eigenvalue weighted by molar-refractivity contribution is -0.126. The molecule has 0 spiro atoms. The van der Waals surface area contributed by atoms with Crippen LogP contribution < -0.4 is 14.4 Å². The van der Waals surface area contributed by atoms with Crippen LogP contribution in [0.3, 0.4) is 0 Å². The van der Waals surface area contributed by atoms with Crippen LogP contribution in [-0.4, -0.2) is 55.4 Å². The van der Waals surface area contributed by atoms with Gasteiger partial charge >= 0.3 is 0 Å². The number of β-amino-alcohol motifs (C(OH)–C–C–N with tert-alkyl or cyclic N) is 1. The van der Waals surface area contributed by atoms with E-state index >= 15 is 0 Å². The molecule has 1 amide bonds. The van der Waals surface area contributed by atoms with Gasteiger partial charge in [-0.3, -0.25) is 4.79 Å². The molecule has 1 unspecified atom stereocenters. The van der Waals surface area contributed by atoms with Crippen molar-refractivity contribution < 1.29 is 19.4 Å². The van der Waals surface area contributed by atoms with Gasteiger partial charge in [0.15, 0.2) is 0 Å². The molecule has 1 fully saturated rings. The van der Waals surface area contributed by atoms with Crippen LogP contribution in [0.25, 0.3) is 11.8 Å². The number of rotatable bonds is 4. The van der Waals surface area contributed by atoms with Crippen LogP contribution in [-0.2, 0) is 4.79 Å².